The third-order valence-electron chi connectivity index (χ3n) is 3.98. The molecular weight excluding hydrogens is 307 g/mol. The summed E-state index contributed by atoms with van der Waals surface area (Å²) in [6.07, 6.45) is -0.554. The minimum absolute atomic E-state index is 0.163. The largest absolute Gasteiger partial charge is 0.469 e. The Morgan fingerprint density at radius 3 is 1.95 bits per heavy atom. The molecule has 22 heavy (non-hydrogen) atoms. The van der Waals surface area contributed by atoms with Crippen LogP contribution in [0.1, 0.15) is 48.0 Å². The topological polar surface area (TPSA) is 101 Å². The smallest absolute Gasteiger partial charge is 0.303 e. The number of hydrogen-bond acceptors (Lipinski definition) is 4. The Hall–Kier alpha value is -1.07. The van der Waals surface area contributed by atoms with Gasteiger partial charge in [0.2, 0.25) is 0 Å². The molecule has 0 spiro atoms. The van der Waals surface area contributed by atoms with Gasteiger partial charge in [0.15, 0.2) is 11.6 Å². The van der Waals surface area contributed by atoms with E-state index in [2.05, 4.69) is 4.52 Å². The van der Waals surface area contributed by atoms with Gasteiger partial charge < -0.3 is 9.79 Å². The zero-order valence-corrected chi connectivity index (χ0v) is 14.7. The number of allylic oxidation sites excluding steroid dienone is 4. The molecule has 1 aliphatic carbocycles. The highest BCUT2D eigenvalue weighted by Gasteiger charge is 2.38. The third-order valence-corrected chi connectivity index (χ3v) is 4.61. The van der Waals surface area contributed by atoms with Crippen LogP contribution in [0.3, 0.4) is 0 Å². The Kier molecular flexibility index (Phi) is 5.35. The second kappa shape index (κ2) is 6.20. The van der Waals surface area contributed by atoms with Crippen molar-refractivity contribution in [1.82, 2.24) is 0 Å². The number of rotatable bonds is 5. The fraction of sp³-hybridized carbons (Fsp3) is 0.600. The molecule has 0 bridgehead atoms. The fourth-order valence-electron chi connectivity index (χ4n) is 3.00. The summed E-state index contributed by atoms with van der Waals surface area (Å²) in [7, 11) is -4.59. The Balaban J connectivity index is 3.14. The summed E-state index contributed by atoms with van der Waals surface area (Å²) in [5, 5.41) is 0. The van der Waals surface area contributed by atoms with Gasteiger partial charge in [-0.1, -0.05) is 13.8 Å². The van der Waals surface area contributed by atoms with Crippen LogP contribution in [-0.2, 0) is 18.7 Å². The van der Waals surface area contributed by atoms with Crippen molar-refractivity contribution in [3.8, 4) is 0 Å². The lowest BCUT2D eigenvalue weighted by atomic mass is 9.70. The Morgan fingerprint density at radius 1 is 1.05 bits per heavy atom. The van der Waals surface area contributed by atoms with E-state index >= 15 is 0 Å². The summed E-state index contributed by atoms with van der Waals surface area (Å²) in [4.78, 5) is 42.5. The summed E-state index contributed by atoms with van der Waals surface area (Å²) >= 11 is 0. The second-order valence-electron chi connectivity index (χ2n) is 6.40. The molecule has 7 heteroatoms. The maximum absolute atomic E-state index is 12.5. The molecule has 6 nitrogen and oxygen atoms in total. The SMILES string of the molecule is CC1=C(C)C(=O)C(C(C)(C)CC(C)OP(=O)(O)O)=C(C)C1=O. The normalized spacial score (nSPS) is 19.1. The Bertz CT molecular complexity index is 620. The van der Waals surface area contributed by atoms with E-state index < -0.39 is 19.3 Å². The molecule has 0 aliphatic heterocycles. The number of ketones is 2. The summed E-state index contributed by atoms with van der Waals surface area (Å²) in [5.74, 6) is -0.355. The minimum atomic E-state index is -4.59. The van der Waals surface area contributed by atoms with Crippen LogP contribution >= 0.6 is 7.82 Å². The van der Waals surface area contributed by atoms with Gasteiger partial charge in [-0.25, -0.2) is 4.57 Å². The quantitative estimate of drug-likeness (QED) is 0.594. The highest BCUT2D eigenvalue weighted by molar-refractivity contribution is 7.46. The monoisotopic (exact) mass is 330 g/mol. The Morgan fingerprint density at radius 2 is 1.50 bits per heavy atom. The van der Waals surface area contributed by atoms with Crippen molar-refractivity contribution in [3.63, 3.8) is 0 Å². The molecule has 0 saturated carbocycles. The first-order valence-corrected chi connectivity index (χ1v) is 8.53. The average molecular weight is 330 g/mol. The number of Topliss-reactive ketones (excluding diaryl/α,β-unsaturated/α-hetero) is 2. The Labute approximate surface area is 130 Å². The molecule has 1 atom stereocenters. The second-order valence-corrected chi connectivity index (χ2v) is 7.59. The van der Waals surface area contributed by atoms with Crippen LogP contribution in [0.2, 0.25) is 0 Å². The van der Waals surface area contributed by atoms with Crippen LogP contribution in [-0.4, -0.2) is 27.5 Å². The molecule has 1 aliphatic rings. The lowest BCUT2D eigenvalue weighted by Crippen LogP contribution is -2.32. The summed E-state index contributed by atoms with van der Waals surface area (Å²) in [6.45, 7) is 9.92. The van der Waals surface area contributed by atoms with Crippen LogP contribution in [0.15, 0.2) is 22.3 Å². The highest BCUT2D eigenvalue weighted by Crippen LogP contribution is 2.44. The molecule has 0 aromatic rings. The van der Waals surface area contributed by atoms with E-state index in [0.29, 0.717) is 22.3 Å². The zero-order chi connectivity index (χ0) is 17.5. The van der Waals surface area contributed by atoms with E-state index in [1.807, 2.05) is 0 Å². The van der Waals surface area contributed by atoms with E-state index in [1.165, 1.54) is 6.92 Å². The van der Waals surface area contributed by atoms with Crippen molar-refractivity contribution < 1.29 is 28.5 Å². The van der Waals surface area contributed by atoms with E-state index in [9.17, 15) is 14.2 Å². The van der Waals surface area contributed by atoms with E-state index in [-0.39, 0.29) is 18.0 Å². The summed E-state index contributed by atoms with van der Waals surface area (Å²) in [6, 6.07) is 0. The van der Waals surface area contributed by atoms with E-state index in [1.54, 1.807) is 34.6 Å². The molecule has 124 valence electrons. The van der Waals surface area contributed by atoms with E-state index in [4.69, 9.17) is 9.79 Å². The van der Waals surface area contributed by atoms with Crippen molar-refractivity contribution in [2.45, 2.75) is 54.1 Å². The number of carbonyl (C=O) groups excluding carboxylic acids is 2. The van der Waals surface area contributed by atoms with Crippen LogP contribution in [0, 0.1) is 5.41 Å². The van der Waals surface area contributed by atoms with Crippen molar-refractivity contribution in [2.24, 2.45) is 5.41 Å². The van der Waals surface area contributed by atoms with Crippen LogP contribution in [0.25, 0.3) is 0 Å². The van der Waals surface area contributed by atoms with Gasteiger partial charge in [-0.3, -0.25) is 14.1 Å². The summed E-state index contributed by atoms with van der Waals surface area (Å²) in [5.41, 5.74) is 0.903. The van der Waals surface area contributed by atoms with Gasteiger partial charge in [0, 0.05) is 22.3 Å². The highest BCUT2D eigenvalue weighted by atomic mass is 31.2. The van der Waals surface area contributed by atoms with Gasteiger partial charge in [0.05, 0.1) is 6.10 Å². The van der Waals surface area contributed by atoms with Crippen molar-refractivity contribution in [3.05, 3.63) is 22.3 Å². The average Bonchev–Trinajstić information content (AvgIpc) is 2.30. The number of phosphoric acid groups is 1. The zero-order valence-electron chi connectivity index (χ0n) is 13.8. The first kappa shape index (κ1) is 19.0. The predicted molar refractivity (Wildman–Crippen MR) is 82.1 cm³/mol. The summed E-state index contributed by atoms with van der Waals surface area (Å²) < 4.78 is 15.6. The number of carbonyl (C=O) groups is 2. The lowest BCUT2D eigenvalue weighted by molar-refractivity contribution is -0.117. The molecule has 0 aromatic heterocycles. The lowest BCUT2D eigenvalue weighted by Gasteiger charge is -2.33. The van der Waals surface area contributed by atoms with Crippen molar-refractivity contribution in [1.29, 1.82) is 0 Å². The van der Waals surface area contributed by atoms with Gasteiger partial charge in [0.1, 0.15) is 0 Å². The van der Waals surface area contributed by atoms with Crippen LogP contribution in [0.4, 0.5) is 0 Å². The van der Waals surface area contributed by atoms with Gasteiger partial charge in [-0.2, -0.15) is 0 Å². The van der Waals surface area contributed by atoms with Gasteiger partial charge >= 0.3 is 7.82 Å². The molecule has 0 fully saturated rings. The van der Waals surface area contributed by atoms with Gasteiger partial charge in [0.25, 0.3) is 0 Å². The number of hydrogen-bond donors (Lipinski definition) is 2. The molecule has 0 amide bonds. The van der Waals surface area contributed by atoms with Gasteiger partial charge in [-0.15, -0.1) is 0 Å². The molecule has 0 heterocycles. The molecule has 0 saturated heterocycles. The van der Waals surface area contributed by atoms with Crippen molar-refractivity contribution >= 4 is 19.4 Å². The first-order valence-electron chi connectivity index (χ1n) is 7.00. The van der Waals surface area contributed by atoms with E-state index in [0.717, 1.165) is 0 Å². The molecule has 0 aromatic carbocycles. The maximum atomic E-state index is 12.5. The van der Waals surface area contributed by atoms with Crippen molar-refractivity contribution in [2.75, 3.05) is 0 Å². The number of phosphoric ester groups is 1. The first-order chi connectivity index (χ1) is 9.78. The predicted octanol–water partition coefficient (Wildman–Crippen LogP) is 2.71. The molecular formula is C15H23O6P. The fourth-order valence-corrected chi connectivity index (χ4v) is 3.54. The standard InChI is InChI=1S/C15H23O6P/c1-8(21-22(18,19)20)7-15(5,6)12-11(4)13(16)9(2)10(3)14(12)17/h8H,7H2,1-6H3,(H2,18,19,20). The maximum Gasteiger partial charge on any atom is 0.469 e. The molecule has 1 unspecified atom stereocenters. The third kappa shape index (κ3) is 4.02. The van der Waals surface area contributed by atoms with Crippen LogP contribution in [0.5, 0.6) is 0 Å². The van der Waals surface area contributed by atoms with Crippen LogP contribution < -0.4 is 0 Å². The minimum Gasteiger partial charge on any atom is -0.303 e. The van der Waals surface area contributed by atoms with Gasteiger partial charge in [-0.05, 0) is 39.5 Å². The molecule has 0 radical (unpaired) electrons. The molecule has 1 rings (SSSR count). The molecule has 2 N–H and O–H groups in total.